The fraction of sp³-hybridized carbons (Fsp3) is 0.800. The summed E-state index contributed by atoms with van der Waals surface area (Å²) in [4.78, 5) is 19.0. The van der Waals surface area contributed by atoms with E-state index < -0.39 is 19.4 Å². The third kappa shape index (κ3) is 8.01. The maximum Gasteiger partial charge on any atom is 0.362 e. The highest BCUT2D eigenvalue weighted by atomic mass is 35.5. The van der Waals surface area contributed by atoms with E-state index in [1.807, 2.05) is 0 Å². The van der Waals surface area contributed by atoms with Crippen LogP contribution in [0.15, 0.2) is 0 Å². The quantitative estimate of drug-likeness (QED) is 0.418. The Hall–Kier alpha value is -0.0900. The summed E-state index contributed by atoms with van der Waals surface area (Å²) in [6, 6.07) is -0.782. The van der Waals surface area contributed by atoms with Crippen molar-refractivity contribution in [2.24, 2.45) is 0 Å². The van der Waals surface area contributed by atoms with Gasteiger partial charge in [0.25, 0.3) is 0 Å². The van der Waals surface area contributed by atoms with Crippen molar-refractivity contribution in [3.8, 4) is 0 Å². The van der Waals surface area contributed by atoms with E-state index in [-0.39, 0.29) is 25.0 Å². The Balaban J connectivity index is 0. The summed E-state index contributed by atoms with van der Waals surface area (Å²) in [5, 5.41) is 8.35. The van der Waals surface area contributed by atoms with Gasteiger partial charge in [0.1, 0.15) is 0 Å². The topological polar surface area (TPSA) is 102 Å². The van der Waals surface area contributed by atoms with Gasteiger partial charge in [0.15, 0.2) is 13.4 Å². The lowest BCUT2D eigenvalue weighted by atomic mass is 10.2. The van der Waals surface area contributed by atoms with Crippen molar-refractivity contribution in [1.82, 2.24) is 0 Å². The molecule has 2 atom stereocenters. The number of quaternary nitrogens is 1. The Kier molecular flexibility index (Phi) is 6.66. The van der Waals surface area contributed by atoms with E-state index in [1.54, 1.807) is 0 Å². The molecule has 0 aliphatic carbocycles. The number of carboxylic acids is 1. The predicted octanol–water partition coefficient (Wildman–Crippen LogP) is -4.02. The molecule has 0 aliphatic rings. The lowest BCUT2D eigenvalue weighted by molar-refractivity contribution is -0.407. The molecule has 0 aliphatic heterocycles. The van der Waals surface area contributed by atoms with Gasteiger partial charge < -0.3 is 28.1 Å². The minimum atomic E-state index is -3.06. The first-order valence-electron chi connectivity index (χ1n) is 3.18. The van der Waals surface area contributed by atoms with E-state index in [9.17, 15) is 9.36 Å². The first-order valence-corrected chi connectivity index (χ1v) is 5.47. The molecule has 0 spiro atoms. The van der Waals surface area contributed by atoms with Crippen molar-refractivity contribution >= 4 is 13.3 Å². The average Bonchev–Trinajstić information content (AvgIpc) is 1.80. The smallest absolute Gasteiger partial charge is 0.362 e. The van der Waals surface area contributed by atoms with Gasteiger partial charge in [0.2, 0.25) is 0 Å². The summed E-state index contributed by atoms with van der Waals surface area (Å²) < 4.78 is 10.7. The van der Waals surface area contributed by atoms with Gasteiger partial charge in [-0.3, -0.25) is 4.57 Å². The van der Waals surface area contributed by atoms with E-state index in [0.29, 0.717) is 0 Å². The fourth-order valence-corrected chi connectivity index (χ4v) is 1.31. The van der Waals surface area contributed by atoms with Crippen molar-refractivity contribution in [1.29, 1.82) is 0 Å². The Labute approximate surface area is 76.8 Å². The summed E-state index contributed by atoms with van der Waals surface area (Å²) in [7, 11) is -3.06. The van der Waals surface area contributed by atoms with Crippen molar-refractivity contribution in [3.63, 3.8) is 0 Å². The zero-order valence-corrected chi connectivity index (χ0v) is 8.39. The maximum absolute atomic E-state index is 10.7. The molecule has 0 radical (unpaired) electrons. The van der Waals surface area contributed by atoms with Crippen LogP contribution < -0.4 is 18.1 Å². The van der Waals surface area contributed by atoms with Crippen LogP contribution in [0.25, 0.3) is 0 Å². The summed E-state index contributed by atoms with van der Waals surface area (Å²) >= 11 is 0. The van der Waals surface area contributed by atoms with Crippen LogP contribution in [0.2, 0.25) is 0 Å². The second-order valence-corrected chi connectivity index (χ2v) is 5.15. The maximum atomic E-state index is 10.7. The normalized spacial score (nSPS) is 17.2. The van der Waals surface area contributed by atoms with Gasteiger partial charge in [-0.2, -0.15) is 0 Å². The number of hydrogen-bond donors (Lipinski definition) is 3. The van der Waals surface area contributed by atoms with Gasteiger partial charge in [-0.05, 0) is 0 Å². The van der Waals surface area contributed by atoms with Crippen LogP contribution in [0.5, 0.6) is 0 Å². The van der Waals surface area contributed by atoms with Crippen LogP contribution in [0.3, 0.4) is 0 Å². The summed E-state index contributed by atoms with van der Waals surface area (Å²) in [6.45, 7) is 1.21. The Morgan fingerprint density at radius 3 is 2.33 bits per heavy atom. The van der Waals surface area contributed by atoms with Crippen molar-refractivity contribution in [2.75, 3.05) is 12.8 Å². The third-order valence-corrected chi connectivity index (χ3v) is 2.33. The summed E-state index contributed by atoms with van der Waals surface area (Å²) in [5.74, 6) is -1.03. The van der Waals surface area contributed by atoms with Gasteiger partial charge in [-0.25, -0.2) is 4.79 Å². The van der Waals surface area contributed by atoms with Crippen molar-refractivity contribution in [2.45, 2.75) is 12.5 Å². The monoisotopic (exact) mass is 217 g/mol. The molecule has 0 saturated heterocycles. The second kappa shape index (κ2) is 5.54. The number of halogens is 1. The molecule has 0 rings (SSSR count). The Morgan fingerprint density at radius 2 is 2.08 bits per heavy atom. The van der Waals surface area contributed by atoms with Crippen LogP contribution in [0.1, 0.15) is 6.42 Å². The predicted molar refractivity (Wildman–Crippen MR) is 39.5 cm³/mol. The molecular formula is C5H13ClNO4P. The van der Waals surface area contributed by atoms with E-state index in [1.165, 1.54) is 6.66 Å². The largest absolute Gasteiger partial charge is 1.00 e. The number of hydrogen-bond acceptors (Lipinski definition) is 2. The minimum Gasteiger partial charge on any atom is -1.00 e. The first-order chi connectivity index (χ1) is 4.83. The molecular weight excluding hydrogens is 204 g/mol. The van der Waals surface area contributed by atoms with E-state index in [4.69, 9.17) is 10.00 Å². The minimum absolute atomic E-state index is 0. The molecule has 74 valence electrons. The van der Waals surface area contributed by atoms with Crippen LogP contribution in [0, 0.1) is 0 Å². The molecule has 0 heterocycles. The molecule has 0 fully saturated rings. The van der Waals surface area contributed by atoms with Gasteiger partial charge in [0.05, 0.1) is 0 Å². The van der Waals surface area contributed by atoms with Gasteiger partial charge >= 0.3 is 5.97 Å². The van der Waals surface area contributed by atoms with Crippen molar-refractivity contribution in [3.05, 3.63) is 0 Å². The van der Waals surface area contributed by atoms with Crippen LogP contribution in [-0.4, -0.2) is 34.8 Å². The van der Waals surface area contributed by atoms with Gasteiger partial charge in [0, 0.05) is 19.2 Å². The fourth-order valence-electron chi connectivity index (χ4n) is 0.519. The lowest BCUT2D eigenvalue weighted by Crippen LogP contribution is -3.00. The Morgan fingerprint density at radius 1 is 1.67 bits per heavy atom. The molecule has 0 amide bonds. The highest BCUT2D eigenvalue weighted by Crippen LogP contribution is 2.35. The highest BCUT2D eigenvalue weighted by Gasteiger charge is 2.19. The molecule has 7 heteroatoms. The SMILES string of the molecule is CP(=O)(O)CC[C@H]([NH3+])C(=O)O.[Cl-]. The second-order valence-electron chi connectivity index (χ2n) is 2.60. The van der Waals surface area contributed by atoms with Gasteiger partial charge in [-0.1, -0.05) is 0 Å². The van der Waals surface area contributed by atoms with Gasteiger partial charge in [-0.15, -0.1) is 0 Å². The van der Waals surface area contributed by atoms with E-state index in [2.05, 4.69) is 5.73 Å². The molecule has 0 aromatic heterocycles. The standard InChI is InChI=1S/C5H12NO4P.ClH/c1-11(9,10)3-2-4(6)5(7)8;/h4H,2-3,6H2,1H3,(H,7,8)(H,9,10);1H/t4-;/m0./s1. The zero-order valence-electron chi connectivity index (χ0n) is 6.73. The number of aliphatic carboxylic acids is 1. The molecule has 5 nitrogen and oxygen atoms in total. The number of carboxylic acid groups (broad SMARTS) is 1. The average molecular weight is 218 g/mol. The Bertz CT molecular complexity index is 192. The molecule has 0 aromatic rings. The molecule has 5 N–H and O–H groups in total. The molecule has 12 heavy (non-hydrogen) atoms. The highest BCUT2D eigenvalue weighted by molar-refractivity contribution is 7.57. The molecule has 0 saturated carbocycles. The molecule has 0 bridgehead atoms. The first kappa shape index (κ1) is 14.4. The third-order valence-electron chi connectivity index (χ3n) is 1.24. The number of rotatable bonds is 4. The number of carbonyl (C=O) groups is 1. The van der Waals surface area contributed by atoms with E-state index >= 15 is 0 Å². The molecule has 1 unspecified atom stereocenters. The zero-order chi connectivity index (χ0) is 9.07. The summed E-state index contributed by atoms with van der Waals surface area (Å²) in [6.07, 6.45) is 0.174. The van der Waals surface area contributed by atoms with Crippen LogP contribution in [0.4, 0.5) is 0 Å². The van der Waals surface area contributed by atoms with E-state index in [0.717, 1.165) is 0 Å². The van der Waals surface area contributed by atoms with Crippen LogP contribution in [-0.2, 0) is 9.36 Å². The van der Waals surface area contributed by atoms with Crippen molar-refractivity contribution < 1.29 is 37.5 Å². The summed E-state index contributed by atoms with van der Waals surface area (Å²) in [5.41, 5.74) is 3.31. The van der Waals surface area contributed by atoms with Crippen LogP contribution >= 0.6 is 7.37 Å². The molecule has 0 aromatic carbocycles. The lowest BCUT2D eigenvalue weighted by Gasteiger charge is -2.05.